The number of rotatable bonds is 1. The first-order chi connectivity index (χ1) is 10.2. The molecular formula is C20H32O2. The van der Waals surface area contributed by atoms with Crippen molar-refractivity contribution in [3.05, 3.63) is 35.5 Å². The number of ketones is 1. The fourth-order valence-electron chi connectivity index (χ4n) is 2.84. The molecule has 0 radical (unpaired) electrons. The van der Waals surface area contributed by atoms with E-state index < -0.39 is 5.60 Å². The number of carbonyl (C=O) groups is 1. The highest BCUT2D eigenvalue weighted by atomic mass is 16.3. The maximum atomic E-state index is 12.1. The smallest absolute Gasteiger partial charge is 0.158 e. The molecule has 0 amide bonds. The van der Waals surface area contributed by atoms with Crippen LogP contribution in [0, 0.1) is 11.8 Å². The van der Waals surface area contributed by atoms with Gasteiger partial charge in [0.15, 0.2) is 5.78 Å². The van der Waals surface area contributed by atoms with E-state index in [-0.39, 0.29) is 12.2 Å². The van der Waals surface area contributed by atoms with Crippen LogP contribution in [0.25, 0.3) is 0 Å². The summed E-state index contributed by atoms with van der Waals surface area (Å²) in [4.78, 5) is 12.1. The third-order valence-corrected chi connectivity index (χ3v) is 4.40. The predicted octanol–water partition coefficient (Wildman–Crippen LogP) is 4.99. The van der Waals surface area contributed by atoms with Crippen molar-refractivity contribution in [2.45, 2.75) is 72.3 Å². The molecule has 2 heteroatoms. The Morgan fingerprint density at radius 3 is 2.55 bits per heavy atom. The maximum absolute atomic E-state index is 12.1. The van der Waals surface area contributed by atoms with E-state index >= 15 is 0 Å². The molecule has 1 rings (SSSR count). The Morgan fingerprint density at radius 1 is 1.23 bits per heavy atom. The van der Waals surface area contributed by atoms with Gasteiger partial charge in [0, 0.05) is 6.42 Å². The van der Waals surface area contributed by atoms with Crippen LogP contribution in [0.1, 0.15) is 66.7 Å². The van der Waals surface area contributed by atoms with Crippen molar-refractivity contribution in [1.29, 1.82) is 0 Å². The quantitative estimate of drug-likeness (QED) is 0.693. The second kappa shape index (κ2) is 8.47. The summed E-state index contributed by atoms with van der Waals surface area (Å²) in [5.41, 5.74) is 1.45. The van der Waals surface area contributed by atoms with Crippen LogP contribution in [-0.4, -0.2) is 16.5 Å². The van der Waals surface area contributed by atoms with Crippen LogP contribution in [0.15, 0.2) is 35.5 Å². The van der Waals surface area contributed by atoms with Gasteiger partial charge in [0.25, 0.3) is 0 Å². The second-order valence-corrected chi connectivity index (χ2v) is 7.39. The van der Waals surface area contributed by atoms with E-state index in [1.807, 2.05) is 13.0 Å². The summed E-state index contributed by atoms with van der Waals surface area (Å²) in [5.74, 6) is 0.974. The molecule has 0 aromatic carbocycles. The van der Waals surface area contributed by atoms with Crippen LogP contribution in [0.3, 0.4) is 0 Å². The molecule has 1 aliphatic rings. The Kier molecular flexibility index (Phi) is 7.28. The Morgan fingerprint density at radius 2 is 1.91 bits per heavy atom. The molecule has 1 aliphatic carbocycles. The van der Waals surface area contributed by atoms with Crippen molar-refractivity contribution < 1.29 is 9.90 Å². The van der Waals surface area contributed by atoms with Gasteiger partial charge < -0.3 is 5.11 Å². The molecule has 0 aliphatic heterocycles. The van der Waals surface area contributed by atoms with Crippen molar-refractivity contribution in [2.24, 2.45) is 11.8 Å². The summed E-state index contributed by atoms with van der Waals surface area (Å²) in [5, 5.41) is 10.4. The maximum Gasteiger partial charge on any atom is 0.158 e. The number of hydrogen-bond donors (Lipinski definition) is 1. The van der Waals surface area contributed by atoms with Gasteiger partial charge in [-0.05, 0) is 64.4 Å². The van der Waals surface area contributed by atoms with Gasteiger partial charge in [-0.1, -0.05) is 43.2 Å². The Labute approximate surface area is 136 Å². The molecular weight excluding hydrogens is 272 g/mol. The molecule has 0 spiro atoms. The van der Waals surface area contributed by atoms with Gasteiger partial charge in [-0.25, -0.2) is 0 Å². The first kappa shape index (κ1) is 18.9. The minimum atomic E-state index is -1.06. The van der Waals surface area contributed by atoms with Gasteiger partial charge in [-0.15, -0.1) is 0 Å². The Bertz CT molecular complexity index is 464. The van der Waals surface area contributed by atoms with Crippen LogP contribution in [0.5, 0.6) is 0 Å². The molecule has 1 N–H and O–H groups in total. The summed E-state index contributed by atoms with van der Waals surface area (Å²) in [6, 6.07) is 0. The Hall–Kier alpha value is -1.15. The summed E-state index contributed by atoms with van der Waals surface area (Å²) >= 11 is 0. The Balaban J connectivity index is 2.99. The highest BCUT2D eigenvalue weighted by Gasteiger charge is 2.21. The molecule has 0 saturated heterocycles. The van der Waals surface area contributed by atoms with E-state index in [0.29, 0.717) is 11.8 Å². The molecule has 22 heavy (non-hydrogen) atoms. The topological polar surface area (TPSA) is 37.3 Å². The van der Waals surface area contributed by atoms with Gasteiger partial charge in [0.2, 0.25) is 0 Å². The minimum Gasteiger partial charge on any atom is -0.386 e. The molecule has 0 saturated carbocycles. The third-order valence-electron chi connectivity index (χ3n) is 4.40. The van der Waals surface area contributed by atoms with Crippen LogP contribution in [0.2, 0.25) is 0 Å². The highest BCUT2D eigenvalue weighted by molar-refractivity contribution is 5.91. The zero-order valence-electron chi connectivity index (χ0n) is 14.9. The lowest BCUT2D eigenvalue weighted by molar-refractivity contribution is -0.117. The van der Waals surface area contributed by atoms with Gasteiger partial charge in [-0.2, -0.15) is 0 Å². The predicted molar refractivity (Wildman–Crippen MR) is 93.7 cm³/mol. The fourth-order valence-corrected chi connectivity index (χ4v) is 2.84. The standard InChI is InChI=1S/C20H32O2/c1-15(2)18-10-9-16(3)7-6-8-17(4)13-19(21)14-20(5,22)12-11-18/h7,11-13,15,18,22H,6,8-10,14H2,1-5H3/b12-11+,16-7-,17-13+/t18-,20+/m1/s1. The molecule has 124 valence electrons. The van der Waals surface area contributed by atoms with Gasteiger partial charge in [0.1, 0.15) is 0 Å². The van der Waals surface area contributed by atoms with Crippen molar-refractivity contribution in [3.8, 4) is 0 Å². The zero-order valence-corrected chi connectivity index (χ0v) is 14.9. The van der Waals surface area contributed by atoms with Gasteiger partial charge in [0.05, 0.1) is 5.60 Å². The average molecular weight is 304 g/mol. The molecule has 2 atom stereocenters. The number of hydrogen-bond acceptors (Lipinski definition) is 2. The van der Waals surface area contributed by atoms with E-state index in [0.717, 1.165) is 31.3 Å². The monoisotopic (exact) mass is 304 g/mol. The number of allylic oxidation sites excluding steroid dienone is 5. The average Bonchev–Trinajstić information content (AvgIpc) is 2.36. The molecule has 0 aromatic heterocycles. The number of carbonyl (C=O) groups excluding carboxylic acids is 1. The van der Waals surface area contributed by atoms with Crippen molar-refractivity contribution >= 4 is 5.78 Å². The summed E-state index contributed by atoms with van der Waals surface area (Å²) in [6.45, 7) is 10.3. The SMILES string of the molecule is C/C1=C/CC/C(C)=C/C(=O)C[C@@](C)(O)/C=C/[C@H](C(C)C)CC1. The van der Waals surface area contributed by atoms with Crippen molar-refractivity contribution in [1.82, 2.24) is 0 Å². The van der Waals surface area contributed by atoms with Crippen LogP contribution in [0.4, 0.5) is 0 Å². The molecule has 0 heterocycles. The van der Waals surface area contributed by atoms with E-state index in [2.05, 4.69) is 32.9 Å². The van der Waals surface area contributed by atoms with E-state index in [1.54, 1.807) is 13.0 Å². The first-order valence-electron chi connectivity index (χ1n) is 8.47. The van der Waals surface area contributed by atoms with E-state index in [4.69, 9.17) is 0 Å². The fraction of sp³-hybridized carbons (Fsp3) is 0.650. The summed E-state index contributed by atoms with van der Waals surface area (Å²) in [6.07, 6.45) is 12.2. The molecule has 0 aromatic rings. The molecule has 0 unspecified atom stereocenters. The van der Waals surface area contributed by atoms with Crippen LogP contribution < -0.4 is 0 Å². The summed E-state index contributed by atoms with van der Waals surface area (Å²) in [7, 11) is 0. The lowest BCUT2D eigenvalue weighted by Crippen LogP contribution is -2.25. The highest BCUT2D eigenvalue weighted by Crippen LogP contribution is 2.24. The second-order valence-electron chi connectivity index (χ2n) is 7.39. The minimum absolute atomic E-state index is 0.00556. The first-order valence-corrected chi connectivity index (χ1v) is 8.47. The van der Waals surface area contributed by atoms with Gasteiger partial charge >= 0.3 is 0 Å². The lowest BCUT2D eigenvalue weighted by Gasteiger charge is -2.22. The third kappa shape index (κ3) is 7.22. The normalized spacial score (nSPS) is 35.2. The van der Waals surface area contributed by atoms with E-state index in [1.165, 1.54) is 5.57 Å². The largest absolute Gasteiger partial charge is 0.386 e. The molecule has 2 nitrogen and oxygen atoms in total. The summed E-state index contributed by atoms with van der Waals surface area (Å²) < 4.78 is 0. The zero-order chi connectivity index (χ0) is 16.8. The van der Waals surface area contributed by atoms with Crippen LogP contribution in [-0.2, 0) is 4.79 Å². The molecule has 0 bridgehead atoms. The van der Waals surface area contributed by atoms with E-state index in [9.17, 15) is 9.90 Å². The van der Waals surface area contributed by atoms with Crippen LogP contribution >= 0.6 is 0 Å². The van der Waals surface area contributed by atoms with Crippen molar-refractivity contribution in [3.63, 3.8) is 0 Å². The van der Waals surface area contributed by atoms with Gasteiger partial charge in [-0.3, -0.25) is 4.79 Å². The molecule has 0 fully saturated rings. The lowest BCUT2D eigenvalue weighted by atomic mass is 9.86. The number of aliphatic hydroxyl groups is 1. The van der Waals surface area contributed by atoms with Crippen molar-refractivity contribution in [2.75, 3.05) is 0 Å².